The summed E-state index contributed by atoms with van der Waals surface area (Å²) < 4.78 is 12.9. The average Bonchev–Trinajstić information content (AvgIpc) is 2.71. The maximum atomic E-state index is 12.9. The summed E-state index contributed by atoms with van der Waals surface area (Å²) in [6.45, 7) is 3.94. The minimum absolute atomic E-state index is 0. The van der Waals surface area contributed by atoms with Crippen molar-refractivity contribution in [1.82, 2.24) is 15.1 Å². The van der Waals surface area contributed by atoms with Crippen LogP contribution in [0.2, 0.25) is 0 Å². The van der Waals surface area contributed by atoms with E-state index in [1.807, 2.05) is 4.90 Å². The highest BCUT2D eigenvalue weighted by atomic mass is 35.5. The van der Waals surface area contributed by atoms with Crippen LogP contribution in [0.15, 0.2) is 24.3 Å². The summed E-state index contributed by atoms with van der Waals surface area (Å²) in [4.78, 5) is 28.3. The van der Waals surface area contributed by atoms with Gasteiger partial charge in [0.05, 0.1) is 5.92 Å². The van der Waals surface area contributed by atoms with E-state index in [9.17, 15) is 14.0 Å². The van der Waals surface area contributed by atoms with E-state index in [1.165, 1.54) is 24.3 Å². The third kappa shape index (κ3) is 4.00. The number of nitrogens with zero attached hydrogens (tertiary/aromatic N) is 2. The summed E-state index contributed by atoms with van der Waals surface area (Å²) >= 11 is 0. The van der Waals surface area contributed by atoms with Crippen molar-refractivity contribution >= 4 is 24.2 Å². The second-order valence-electron chi connectivity index (χ2n) is 5.83. The number of rotatable bonds is 2. The quantitative estimate of drug-likeness (QED) is 0.877. The molecule has 23 heavy (non-hydrogen) atoms. The van der Waals surface area contributed by atoms with E-state index in [4.69, 9.17) is 0 Å². The highest BCUT2D eigenvalue weighted by molar-refractivity contribution is 5.94. The van der Waals surface area contributed by atoms with Crippen molar-refractivity contribution in [3.8, 4) is 0 Å². The topological polar surface area (TPSA) is 52.7 Å². The lowest BCUT2D eigenvalue weighted by atomic mass is 10.0. The summed E-state index contributed by atoms with van der Waals surface area (Å²) in [5.74, 6) is -0.160. The van der Waals surface area contributed by atoms with E-state index in [2.05, 4.69) is 5.32 Å². The fraction of sp³-hybridized carbons (Fsp3) is 0.500. The second-order valence-corrected chi connectivity index (χ2v) is 5.83. The number of halogens is 2. The van der Waals surface area contributed by atoms with Gasteiger partial charge in [0.1, 0.15) is 5.82 Å². The van der Waals surface area contributed by atoms with Gasteiger partial charge in [-0.15, -0.1) is 12.4 Å². The normalized spacial score (nSPS) is 18.7. The molecule has 0 unspecified atom stereocenters. The highest BCUT2D eigenvalue weighted by Crippen LogP contribution is 2.14. The van der Waals surface area contributed by atoms with Gasteiger partial charge in [-0.3, -0.25) is 9.59 Å². The molecular formula is C16H21ClFN3O2. The molecule has 3 rings (SSSR count). The lowest BCUT2D eigenvalue weighted by Crippen LogP contribution is -2.52. The zero-order valence-electron chi connectivity index (χ0n) is 12.8. The van der Waals surface area contributed by atoms with Crippen molar-refractivity contribution in [2.45, 2.75) is 6.42 Å². The van der Waals surface area contributed by atoms with Crippen molar-refractivity contribution in [1.29, 1.82) is 0 Å². The third-order valence-electron chi connectivity index (χ3n) is 4.32. The van der Waals surface area contributed by atoms with Crippen LogP contribution in [0.4, 0.5) is 4.39 Å². The first-order valence-corrected chi connectivity index (χ1v) is 7.69. The smallest absolute Gasteiger partial charge is 0.253 e. The minimum Gasteiger partial charge on any atom is -0.341 e. The Bertz CT molecular complexity index is 563. The zero-order chi connectivity index (χ0) is 15.5. The molecule has 2 amide bonds. The third-order valence-corrected chi connectivity index (χ3v) is 4.32. The molecule has 1 N–H and O–H groups in total. The monoisotopic (exact) mass is 341 g/mol. The predicted molar refractivity (Wildman–Crippen MR) is 87.1 cm³/mol. The first-order valence-electron chi connectivity index (χ1n) is 7.69. The summed E-state index contributed by atoms with van der Waals surface area (Å²) in [5, 5.41) is 3.11. The van der Waals surface area contributed by atoms with Crippen molar-refractivity contribution in [2.75, 3.05) is 39.3 Å². The average molecular weight is 342 g/mol. The standard InChI is InChI=1S/C16H20FN3O2.ClH/c17-14-4-2-12(3-5-14)15(21)19-6-1-7-20(9-8-19)16(22)13-10-18-11-13;/h2-5,13,18H,1,6-11H2;1H. The second kappa shape index (κ2) is 7.75. The molecule has 5 nitrogen and oxygen atoms in total. The van der Waals surface area contributed by atoms with Crippen LogP contribution in [-0.2, 0) is 4.79 Å². The molecule has 0 saturated carbocycles. The SMILES string of the molecule is Cl.O=C(c1ccc(F)cc1)N1CCCN(C(=O)C2CNC2)CC1. The van der Waals surface area contributed by atoms with Crippen LogP contribution < -0.4 is 5.32 Å². The Morgan fingerprint density at radius 1 is 1.00 bits per heavy atom. The molecular weight excluding hydrogens is 321 g/mol. The van der Waals surface area contributed by atoms with Crippen molar-refractivity contribution < 1.29 is 14.0 Å². The first kappa shape index (κ1) is 17.7. The number of amides is 2. The van der Waals surface area contributed by atoms with Crippen LogP contribution in [0.25, 0.3) is 0 Å². The number of carbonyl (C=O) groups is 2. The molecule has 1 aromatic carbocycles. The zero-order valence-corrected chi connectivity index (χ0v) is 13.7. The van der Waals surface area contributed by atoms with Crippen molar-refractivity contribution in [3.63, 3.8) is 0 Å². The van der Waals surface area contributed by atoms with E-state index in [0.717, 1.165) is 19.5 Å². The maximum absolute atomic E-state index is 12.9. The number of benzene rings is 1. The van der Waals surface area contributed by atoms with Gasteiger partial charge in [-0.05, 0) is 30.7 Å². The lowest BCUT2D eigenvalue weighted by Gasteiger charge is -2.31. The molecule has 0 bridgehead atoms. The van der Waals surface area contributed by atoms with Crippen molar-refractivity contribution in [2.24, 2.45) is 5.92 Å². The van der Waals surface area contributed by atoms with Gasteiger partial charge in [0.15, 0.2) is 0 Å². The van der Waals surface area contributed by atoms with Crippen LogP contribution >= 0.6 is 12.4 Å². The molecule has 2 heterocycles. The molecule has 2 fully saturated rings. The van der Waals surface area contributed by atoms with E-state index in [-0.39, 0.29) is 36.0 Å². The highest BCUT2D eigenvalue weighted by Gasteiger charge is 2.30. The number of hydrogen-bond acceptors (Lipinski definition) is 3. The van der Waals surface area contributed by atoms with Gasteiger partial charge < -0.3 is 15.1 Å². The van der Waals surface area contributed by atoms with E-state index in [0.29, 0.717) is 31.7 Å². The Kier molecular flexibility index (Phi) is 5.96. The summed E-state index contributed by atoms with van der Waals surface area (Å²) in [7, 11) is 0. The Morgan fingerprint density at radius 2 is 1.61 bits per heavy atom. The molecule has 0 atom stereocenters. The summed E-state index contributed by atoms with van der Waals surface area (Å²) in [6.07, 6.45) is 0.777. The maximum Gasteiger partial charge on any atom is 0.253 e. The first-order chi connectivity index (χ1) is 10.6. The number of carbonyl (C=O) groups excluding carboxylic acids is 2. The molecule has 0 aliphatic carbocycles. The molecule has 1 aromatic rings. The molecule has 2 saturated heterocycles. The van der Waals surface area contributed by atoms with Crippen LogP contribution in [0.3, 0.4) is 0 Å². The lowest BCUT2D eigenvalue weighted by molar-refractivity contribution is -0.136. The largest absolute Gasteiger partial charge is 0.341 e. The summed E-state index contributed by atoms with van der Waals surface area (Å²) in [5.41, 5.74) is 0.490. The number of nitrogens with one attached hydrogen (secondary N) is 1. The molecule has 0 spiro atoms. The van der Waals surface area contributed by atoms with Gasteiger partial charge in [-0.1, -0.05) is 0 Å². The summed E-state index contributed by atoms with van der Waals surface area (Å²) in [6, 6.07) is 5.60. The fourth-order valence-electron chi connectivity index (χ4n) is 2.84. The Balaban J connectivity index is 0.00000192. The van der Waals surface area contributed by atoms with E-state index < -0.39 is 0 Å². The van der Waals surface area contributed by atoms with Gasteiger partial charge in [0.25, 0.3) is 5.91 Å². The Labute approximate surface area is 141 Å². The Hall–Kier alpha value is -1.66. The van der Waals surface area contributed by atoms with Gasteiger partial charge in [0.2, 0.25) is 5.91 Å². The van der Waals surface area contributed by atoms with Gasteiger partial charge in [-0.25, -0.2) is 4.39 Å². The van der Waals surface area contributed by atoms with Crippen LogP contribution in [0, 0.1) is 11.7 Å². The molecule has 7 heteroatoms. The molecule has 0 aromatic heterocycles. The number of hydrogen-bond donors (Lipinski definition) is 1. The van der Waals surface area contributed by atoms with Crippen LogP contribution in [-0.4, -0.2) is 60.9 Å². The molecule has 126 valence electrons. The Morgan fingerprint density at radius 3 is 2.22 bits per heavy atom. The molecule has 0 radical (unpaired) electrons. The van der Waals surface area contributed by atoms with Crippen molar-refractivity contribution in [3.05, 3.63) is 35.6 Å². The van der Waals surface area contributed by atoms with Crippen LogP contribution in [0.1, 0.15) is 16.8 Å². The van der Waals surface area contributed by atoms with Gasteiger partial charge >= 0.3 is 0 Å². The fourth-order valence-corrected chi connectivity index (χ4v) is 2.84. The minimum atomic E-state index is -0.349. The predicted octanol–water partition coefficient (Wildman–Crippen LogP) is 1.14. The molecule has 2 aliphatic rings. The van der Waals surface area contributed by atoms with Crippen LogP contribution in [0.5, 0.6) is 0 Å². The van der Waals surface area contributed by atoms with E-state index in [1.54, 1.807) is 4.90 Å². The molecule has 2 aliphatic heterocycles. The van der Waals surface area contributed by atoms with Gasteiger partial charge in [0, 0.05) is 44.8 Å². The van der Waals surface area contributed by atoms with Gasteiger partial charge in [-0.2, -0.15) is 0 Å². The van der Waals surface area contributed by atoms with E-state index >= 15 is 0 Å².